The quantitative estimate of drug-likeness (QED) is 0.336. The Hall–Kier alpha value is -1.60. The van der Waals surface area contributed by atoms with Crippen LogP contribution < -0.4 is 10.6 Å². The summed E-state index contributed by atoms with van der Waals surface area (Å²) in [6, 6.07) is 0.585. The number of aliphatic hydroxyl groups is 1. The maximum atomic E-state index is 10.6. The van der Waals surface area contributed by atoms with Crippen molar-refractivity contribution < 1.29 is 5.11 Å². The molecule has 144 valence electrons. The van der Waals surface area contributed by atoms with E-state index in [2.05, 4.69) is 46.5 Å². The number of guanidine groups is 1. The SMILES string of the molecule is CCNC(=NCC(C)(O)c1cnn(C)c1)NCCCCN(C)C(C)C. The van der Waals surface area contributed by atoms with Crippen LogP contribution in [-0.4, -0.2) is 65.0 Å². The molecule has 0 bridgehead atoms. The molecule has 0 spiro atoms. The Balaban J connectivity index is 2.45. The van der Waals surface area contributed by atoms with Gasteiger partial charge in [-0.15, -0.1) is 0 Å². The number of nitrogens with one attached hydrogen (secondary N) is 2. The van der Waals surface area contributed by atoms with E-state index in [0.29, 0.717) is 6.04 Å². The highest BCUT2D eigenvalue weighted by atomic mass is 16.3. The van der Waals surface area contributed by atoms with Crippen molar-refractivity contribution >= 4 is 5.96 Å². The summed E-state index contributed by atoms with van der Waals surface area (Å²) in [6.45, 7) is 11.3. The van der Waals surface area contributed by atoms with Gasteiger partial charge in [-0.2, -0.15) is 5.10 Å². The van der Waals surface area contributed by atoms with Crippen molar-refractivity contribution in [3.63, 3.8) is 0 Å². The zero-order valence-electron chi connectivity index (χ0n) is 16.7. The van der Waals surface area contributed by atoms with E-state index in [4.69, 9.17) is 0 Å². The lowest BCUT2D eigenvalue weighted by molar-refractivity contribution is 0.0672. The number of nitrogens with zero attached hydrogens (tertiary/aromatic N) is 4. The molecule has 0 saturated heterocycles. The molecule has 3 N–H and O–H groups in total. The Bertz CT molecular complexity index is 523. The van der Waals surface area contributed by atoms with Crippen LogP contribution in [0, 0.1) is 0 Å². The van der Waals surface area contributed by atoms with Gasteiger partial charge in [-0.3, -0.25) is 4.68 Å². The van der Waals surface area contributed by atoms with Gasteiger partial charge in [0.05, 0.1) is 12.7 Å². The second kappa shape index (κ2) is 10.4. The molecular weight excluding hydrogens is 316 g/mol. The van der Waals surface area contributed by atoms with E-state index in [-0.39, 0.29) is 6.54 Å². The van der Waals surface area contributed by atoms with Crippen molar-refractivity contribution in [1.82, 2.24) is 25.3 Å². The van der Waals surface area contributed by atoms with Gasteiger partial charge >= 0.3 is 0 Å². The van der Waals surface area contributed by atoms with Gasteiger partial charge < -0.3 is 20.6 Å². The van der Waals surface area contributed by atoms with E-state index in [1.807, 2.05) is 20.2 Å². The van der Waals surface area contributed by atoms with Crippen LogP contribution in [0.15, 0.2) is 17.4 Å². The molecule has 0 amide bonds. The standard InChI is InChI=1S/C18H36N6O/c1-7-19-17(20-10-8-9-11-23(5)15(2)3)21-14-18(4,25)16-12-22-24(6)13-16/h12-13,15,25H,7-11,14H2,1-6H3,(H2,19,20,21). The molecule has 1 atom stereocenters. The van der Waals surface area contributed by atoms with Crippen molar-refractivity contribution in [3.8, 4) is 0 Å². The first-order chi connectivity index (χ1) is 11.8. The zero-order valence-corrected chi connectivity index (χ0v) is 16.7. The number of aliphatic imine (C=N–C) groups is 1. The maximum Gasteiger partial charge on any atom is 0.191 e. The number of unbranched alkanes of at least 4 members (excludes halogenated alkanes) is 1. The smallest absolute Gasteiger partial charge is 0.191 e. The Kier molecular flexibility index (Phi) is 8.92. The van der Waals surface area contributed by atoms with Gasteiger partial charge in [0.25, 0.3) is 0 Å². The summed E-state index contributed by atoms with van der Waals surface area (Å²) in [7, 11) is 4.00. The molecule has 1 aromatic rings. The van der Waals surface area contributed by atoms with Crippen LogP contribution in [0.4, 0.5) is 0 Å². The molecule has 7 nitrogen and oxygen atoms in total. The van der Waals surface area contributed by atoms with Crippen LogP contribution >= 0.6 is 0 Å². The second-order valence-electron chi connectivity index (χ2n) is 7.08. The highest BCUT2D eigenvalue weighted by Gasteiger charge is 2.24. The monoisotopic (exact) mass is 352 g/mol. The summed E-state index contributed by atoms with van der Waals surface area (Å²) >= 11 is 0. The Morgan fingerprint density at radius 3 is 2.68 bits per heavy atom. The van der Waals surface area contributed by atoms with E-state index in [9.17, 15) is 5.11 Å². The largest absolute Gasteiger partial charge is 0.383 e. The average molecular weight is 353 g/mol. The summed E-state index contributed by atoms with van der Waals surface area (Å²) in [6.07, 6.45) is 5.73. The molecule has 0 aliphatic heterocycles. The number of aromatic nitrogens is 2. The molecule has 0 radical (unpaired) electrons. The highest BCUT2D eigenvalue weighted by Crippen LogP contribution is 2.19. The lowest BCUT2D eigenvalue weighted by Gasteiger charge is -2.21. The lowest BCUT2D eigenvalue weighted by atomic mass is 10.0. The first-order valence-corrected chi connectivity index (χ1v) is 9.20. The number of aryl methyl sites for hydroxylation is 1. The van der Waals surface area contributed by atoms with Gasteiger partial charge in [-0.1, -0.05) is 0 Å². The minimum absolute atomic E-state index is 0.282. The Labute approximate surface area is 152 Å². The van der Waals surface area contributed by atoms with Crippen molar-refractivity contribution in [2.45, 2.75) is 52.2 Å². The van der Waals surface area contributed by atoms with Crippen LogP contribution in [0.2, 0.25) is 0 Å². The van der Waals surface area contributed by atoms with E-state index < -0.39 is 5.60 Å². The molecule has 25 heavy (non-hydrogen) atoms. The summed E-state index contributed by atoms with van der Waals surface area (Å²) in [5, 5.41) is 21.3. The minimum atomic E-state index is -1.03. The van der Waals surface area contributed by atoms with Crippen molar-refractivity contribution in [1.29, 1.82) is 0 Å². The van der Waals surface area contributed by atoms with Crippen LogP contribution in [0.3, 0.4) is 0 Å². The topological polar surface area (TPSA) is 77.7 Å². The fourth-order valence-corrected chi connectivity index (χ4v) is 2.32. The fraction of sp³-hybridized carbons (Fsp3) is 0.778. The molecule has 0 aromatic carbocycles. The van der Waals surface area contributed by atoms with Gasteiger partial charge in [-0.25, -0.2) is 4.99 Å². The van der Waals surface area contributed by atoms with Crippen LogP contribution in [0.1, 0.15) is 46.1 Å². The van der Waals surface area contributed by atoms with E-state index in [1.54, 1.807) is 17.8 Å². The first kappa shape index (κ1) is 21.4. The first-order valence-electron chi connectivity index (χ1n) is 9.20. The number of rotatable bonds is 10. The average Bonchev–Trinajstić information content (AvgIpc) is 2.99. The van der Waals surface area contributed by atoms with Crippen molar-refractivity contribution in [2.24, 2.45) is 12.0 Å². The molecule has 0 fully saturated rings. The summed E-state index contributed by atoms with van der Waals surface area (Å²) in [5.74, 6) is 0.740. The fourth-order valence-electron chi connectivity index (χ4n) is 2.32. The van der Waals surface area contributed by atoms with Crippen LogP contribution in [0.5, 0.6) is 0 Å². The third-order valence-corrected chi connectivity index (χ3v) is 4.33. The van der Waals surface area contributed by atoms with Crippen LogP contribution in [0.25, 0.3) is 0 Å². The maximum absolute atomic E-state index is 10.6. The summed E-state index contributed by atoms with van der Waals surface area (Å²) in [5.41, 5.74) is -0.261. The van der Waals surface area contributed by atoms with Gasteiger partial charge in [-0.05, 0) is 54.1 Å². The zero-order chi connectivity index (χ0) is 18.9. The normalized spacial score (nSPS) is 14.8. The molecule has 1 rings (SSSR count). The van der Waals surface area contributed by atoms with Gasteiger partial charge in [0.15, 0.2) is 5.96 Å². The third kappa shape index (κ3) is 7.88. The van der Waals surface area contributed by atoms with E-state index in [0.717, 1.165) is 44.0 Å². The molecule has 0 aliphatic rings. The third-order valence-electron chi connectivity index (χ3n) is 4.33. The minimum Gasteiger partial charge on any atom is -0.383 e. The van der Waals surface area contributed by atoms with Crippen molar-refractivity contribution in [2.75, 3.05) is 33.2 Å². The second-order valence-corrected chi connectivity index (χ2v) is 7.08. The van der Waals surface area contributed by atoms with E-state index in [1.165, 1.54) is 0 Å². The summed E-state index contributed by atoms with van der Waals surface area (Å²) < 4.78 is 1.69. The lowest BCUT2D eigenvalue weighted by Crippen LogP contribution is -2.39. The van der Waals surface area contributed by atoms with Gasteiger partial charge in [0, 0.05) is 37.9 Å². The highest BCUT2D eigenvalue weighted by molar-refractivity contribution is 5.79. The van der Waals surface area contributed by atoms with Gasteiger partial charge in [0.2, 0.25) is 0 Å². The van der Waals surface area contributed by atoms with Gasteiger partial charge in [0.1, 0.15) is 5.60 Å². The predicted octanol–water partition coefficient (Wildman–Crippen LogP) is 1.30. The predicted molar refractivity (Wildman–Crippen MR) is 104 cm³/mol. The molecular formula is C18H36N6O. The molecule has 1 unspecified atom stereocenters. The van der Waals surface area contributed by atoms with Crippen LogP contribution in [-0.2, 0) is 12.6 Å². The molecule has 0 saturated carbocycles. The molecule has 7 heteroatoms. The number of hydrogen-bond acceptors (Lipinski definition) is 4. The van der Waals surface area contributed by atoms with Crippen molar-refractivity contribution in [3.05, 3.63) is 18.0 Å². The van der Waals surface area contributed by atoms with E-state index >= 15 is 0 Å². The molecule has 1 heterocycles. The Morgan fingerprint density at radius 2 is 2.12 bits per heavy atom. The molecule has 0 aliphatic carbocycles. The summed E-state index contributed by atoms with van der Waals surface area (Å²) in [4.78, 5) is 6.88. The molecule has 1 aromatic heterocycles. The number of hydrogen-bond donors (Lipinski definition) is 3. The Morgan fingerprint density at radius 1 is 1.40 bits per heavy atom.